The summed E-state index contributed by atoms with van der Waals surface area (Å²) >= 11 is 0. The smallest absolute Gasteiger partial charge is 0.243 e. The maximum atomic E-state index is 13.7. The van der Waals surface area contributed by atoms with Crippen molar-refractivity contribution < 1.29 is 17.6 Å². The Morgan fingerprint density at radius 3 is 2.59 bits per heavy atom. The average Bonchev–Trinajstić information content (AvgIpc) is 2.70. The third kappa shape index (κ3) is 5.35. The highest BCUT2D eigenvalue weighted by molar-refractivity contribution is 7.89. The predicted molar refractivity (Wildman–Crippen MR) is 111 cm³/mol. The fraction of sp³-hybridized carbons (Fsp3) is 0.667. The molecular formula is C21H32FN3O3S. The molecule has 2 aliphatic heterocycles. The second kappa shape index (κ2) is 9.53. The van der Waals surface area contributed by atoms with Gasteiger partial charge in [-0.05, 0) is 63.4 Å². The standard InChI is InChI=1S/C21H32FN3O3S/c1-17-8-9-19(22)15-21(17)29(27,28)24-12-6-7-20(16-24)25(18(2)26)14-13-23-10-4-3-5-11-23/h8-9,15,20H,3-7,10-14,16H2,1-2H3. The number of piperidine rings is 2. The van der Waals surface area contributed by atoms with Crippen molar-refractivity contribution in [3.05, 3.63) is 29.6 Å². The maximum absolute atomic E-state index is 13.7. The summed E-state index contributed by atoms with van der Waals surface area (Å²) in [5, 5.41) is 0. The average molecular weight is 426 g/mol. The summed E-state index contributed by atoms with van der Waals surface area (Å²) < 4.78 is 41.4. The van der Waals surface area contributed by atoms with Gasteiger partial charge in [0.15, 0.2) is 0 Å². The van der Waals surface area contributed by atoms with E-state index in [9.17, 15) is 17.6 Å². The molecule has 0 saturated carbocycles. The number of sulfonamides is 1. The van der Waals surface area contributed by atoms with E-state index < -0.39 is 15.8 Å². The monoisotopic (exact) mass is 425 g/mol. The first-order valence-corrected chi connectivity index (χ1v) is 12.0. The summed E-state index contributed by atoms with van der Waals surface area (Å²) in [4.78, 5) is 16.6. The van der Waals surface area contributed by atoms with E-state index in [0.29, 0.717) is 25.1 Å². The van der Waals surface area contributed by atoms with Gasteiger partial charge in [-0.2, -0.15) is 4.31 Å². The van der Waals surface area contributed by atoms with Crippen molar-refractivity contribution >= 4 is 15.9 Å². The van der Waals surface area contributed by atoms with Crippen LogP contribution >= 0.6 is 0 Å². The molecule has 1 unspecified atom stereocenters. The zero-order valence-corrected chi connectivity index (χ0v) is 18.3. The van der Waals surface area contributed by atoms with Crippen LogP contribution in [0.5, 0.6) is 0 Å². The predicted octanol–water partition coefficient (Wildman–Crippen LogP) is 2.62. The largest absolute Gasteiger partial charge is 0.337 e. The van der Waals surface area contributed by atoms with Crippen molar-refractivity contribution in [1.82, 2.24) is 14.1 Å². The van der Waals surface area contributed by atoms with Gasteiger partial charge in [0.05, 0.1) is 4.90 Å². The van der Waals surface area contributed by atoms with Crippen LogP contribution in [0.2, 0.25) is 0 Å². The van der Waals surface area contributed by atoms with Crippen LogP contribution in [0.25, 0.3) is 0 Å². The van der Waals surface area contributed by atoms with E-state index in [1.54, 1.807) is 13.8 Å². The van der Waals surface area contributed by atoms with Gasteiger partial charge in [0.25, 0.3) is 0 Å². The van der Waals surface area contributed by atoms with Gasteiger partial charge in [-0.1, -0.05) is 12.5 Å². The minimum Gasteiger partial charge on any atom is -0.337 e. The topological polar surface area (TPSA) is 60.9 Å². The van der Waals surface area contributed by atoms with Crippen LogP contribution in [-0.4, -0.2) is 73.7 Å². The fourth-order valence-corrected chi connectivity index (χ4v) is 6.17. The molecule has 0 spiro atoms. The molecule has 0 aromatic heterocycles. The first-order chi connectivity index (χ1) is 13.8. The van der Waals surface area contributed by atoms with E-state index in [1.807, 2.05) is 4.90 Å². The molecule has 2 aliphatic rings. The molecule has 1 aromatic carbocycles. The molecule has 2 fully saturated rings. The number of rotatable bonds is 6. The van der Waals surface area contributed by atoms with Crippen molar-refractivity contribution in [3.63, 3.8) is 0 Å². The maximum Gasteiger partial charge on any atom is 0.243 e. The van der Waals surface area contributed by atoms with E-state index in [4.69, 9.17) is 0 Å². The van der Waals surface area contributed by atoms with Crippen molar-refractivity contribution in [2.75, 3.05) is 39.3 Å². The third-order valence-corrected chi connectivity index (χ3v) is 8.09. The highest BCUT2D eigenvalue weighted by Crippen LogP contribution is 2.26. The lowest BCUT2D eigenvalue weighted by atomic mass is 10.1. The number of aryl methyl sites for hydroxylation is 1. The Morgan fingerprint density at radius 2 is 1.90 bits per heavy atom. The molecule has 0 aliphatic carbocycles. The molecule has 0 bridgehead atoms. The molecule has 2 saturated heterocycles. The number of likely N-dealkylation sites (tertiary alicyclic amines) is 1. The summed E-state index contributed by atoms with van der Waals surface area (Å²) in [6, 6.07) is 3.71. The molecule has 2 heterocycles. The first kappa shape index (κ1) is 22.2. The number of hydrogen-bond acceptors (Lipinski definition) is 4. The zero-order chi connectivity index (χ0) is 21.0. The molecular weight excluding hydrogens is 393 g/mol. The highest BCUT2D eigenvalue weighted by Gasteiger charge is 2.34. The van der Waals surface area contributed by atoms with Crippen LogP contribution in [-0.2, 0) is 14.8 Å². The second-order valence-electron chi connectivity index (χ2n) is 8.18. The lowest BCUT2D eigenvalue weighted by Crippen LogP contribution is -2.53. The lowest BCUT2D eigenvalue weighted by molar-refractivity contribution is -0.132. The normalized spacial score (nSPS) is 21.8. The molecule has 0 N–H and O–H groups in total. The summed E-state index contributed by atoms with van der Waals surface area (Å²) in [7, 11) is -3.80. The summed E-state index contributed by atoms with van der Waals surface area (Å²) in [6.45, 7) is 7.46. The summed E-state index contributed by atoms with van der Waals surface area (Å²) in [6.07, 6.45) is 5.13. The van der Waals surface area contributed by atoms with Gasteiger partial charge < -0.3 is 9.80 Å². The van der Waals surface area contributed by atoms with E-state index in [1.165, 1.54) is 35.7 Å². The fourth-order valence-electron chi connectivity index (χ4n) is 4.41. The highest BCUT2D eigenvalue weighted by atomic mass is 32.2. The number of nitrogens with zero attached hydrogens (tertiary/aromatic N) is 3. The number of amides is 1. The van der Waals surface area contributed by atoms with Crippen molar-refractivity contribution in [2.45, 2.75) is 56.9 Å². The third-order valence-electron chi connectivity index (χ3n) is 6.08. The van der Waals surface area contributed by atoms with Gasteiger partial charge in [0, 0.05) is 39.1 Å². The van der Waals surface area contributed by atoms with E-state index in [-0.39, 0.29) is 23.4 Å². The van der Waals surface area contributed by atoms with Crippen LogP contribution in [0.1, 0.15) is 44.6 Å². The second-order valence-corrected chi connectivity index (χ2v) is 10.1. The first-order valence-electron chi connectivity index (χ1n) is 10.5. The van der Waals surface area contributed by atoms with Gasteiger partial charge in [0.2, 0.25) is 15.9 Å². The number of halogens is 1. The SMILES string of the molecule is CC(=O)N(CCN1CCCCC1)C1CCCN(S(=O)(=O)c2cc(F)ccc2C)C1. The number of hydrogen-bond donors (Lipinski definition) is 0. The van der Waals surface area contributed by atoms with Gasteiger partial charge in [-0.3, -0.25) is 4.79 Å². The molecule has 0 radical (unpaired) electrons. The van der Waals surface area contributed by atoms with Crippen LogP contribution in [0.4, 0.5) is 4.39 Å². The number of carbonyl (C=O) groups is 1. The minimum atomic E-state index is -3.80. The van der Waals surface area contributed by atoms with E-state index in [0.717, 1.165) is 32.1 Å². The van der Waals surface area contributed by atoms with Gasteiger partial charge in [0.1, 0.15) is 5.82 Å². The van der Waals surface area contributed by atoms with E-state index in [2.05, 4.69) is 4.90 Å². The van der Waals surface area contributed by atoms with E-state index >= 15 is 0 Å². The quantitative estimate of drug-likeness (QED) is 0.703. The van der Waals surface area contributed by atoms with Crippen molar-refractivity contribution in [3.8, 4) is 0 Å². The Bertz CT molecular complexity index is 824. The zero-order valence-electron chi connectivity index (χ0n) is 17.4. The molecule has 6 nitrogen and oxygen atoms in total. The van der Waals surface area contributed by atoms with Crippen LogP contribution < -0.4 is 0 Å². The van der Waals surface area contributed by atoms with Gasteiger partial charge in [-0.25, -0.2) is 12.8 Å². The Morgan fingerprint density at radius 1 is 1.17 bits per heavy atom. The molecule has 1 amide bonds. The molecule has 3 rings (SSSR count). The molecule has 1 atom stereocenters. The Labute approximate surface area is 173 Å². The van der Waals surface area contributed by atoms with Gasteiger partial charge in [-0.15, -0.1) is 0 Å². The van der Waals surface area contributed by atoms with Crippen LogP contribution in [0.15, 0.2) is 23.1 Å². The van der Waals surface area contributed by atoms with Crippen molar-refractivity contribution in [2.24, 2.45) is 0 Å². The molecule has 162 valence electrons. The van der Waals surface area contributed by atoms with Crippen molar-refractivity contribution in [1.29, 1.82) is 0 Å². The Balaban J connectivity index is 1.71. The van der Waals surface area contributed by atoms with Gasteiger partial charge >= 0.3 is 0 Å². The van der Waals surface area contributed by atoms with Crippen LogP contribution in [0.3, 0.4) is 0 Å². The Kier molecular flexibility index (Phi) is 7.29. The summed E-state index contributed by atoms with van der Waals surface area (Å²) in [5.74, 6) is -0.581. The number of benzene rings is 1. The molecule has 1 aromatic rings. The minimum absolute atomic E-state index is 0.0147. The number of carbonyl (C=O) groups excluding carboxylic acids is 1. The Hall–Kier alpha value is -1.51. The lowest BCUT2D eigenvalue weighted by Gasteiger charge is -2.39. The molecule has 29 heavy (non-hydrogen) atoms. The van der Waals surface area contributed by atoms with Crippen LogP contribution in [0, 0.1) is 12.7 Å². The summed E-state index contributed by atoms with van der Waals surface area (Å²) in [5.41, 5.74) is 0.530. The molecule has 8 heteroatoms.